The largest absolute Gasteiger partial charge is 0.497 e. The van der Waals surface area contributed by atoms with Crippen LogP contribution in [0.4, 0.5) is 0 Å². The minimum absolute atomic E-state index is 0.261. The Hall–Kier alpha value is -3.15. The van der Waals surface area contributed by atoms with Gasteiger partial charge in [0.15, 0.2) is 0 Å². The molecule has 0 spiro atoms. The van der Waals surface area contributed by atoms with E-state index in [1.54, 1.807) is 7.11 Å². The van der Waals surface area contributed by atoms with Crippen molar-refractivity contribution in [3.8, 4) is 17.0 Å². The lowest BCUT2D eigenvalue weighted by Crippen LogP contribution is -2.48. The standard InChI is InChI=1S/C26H30N4O2/c1-32-23-12-10-21(11-13-23)26(15-16-26)25(31)30-17-6-5-9-22(30)14-18-29-19-24(27-28-29)20-7-3-2-4-8-20/h2-4,7-8,10-13,19,22H,5-6,9,14-18H2,1H3. The number of hydrogen-bond acceptors (Lipinski definition) is 4. The first-order valence-electron chi connectivity index (χ1n) is 11.6. The van der Waals surface area contributed by atoms with Crippen LogP contribution in [0, 0.1) is 0 Å². The fourth-order valence-electron chi connectivity index (χ4n) is 4.93. The van der Waals surface area contributed by atoms with Crippen LogP contribution in [0.2, 0.25) is 0 Å². The lowest BCUT2D eigenvalue weighted by atomic mass is 9.91. The molecular formula is C26H30N4O2. The molecule has 2 aliphatic rings. The molecular weight excluding hydrogens is 400 g/mol. The third-order valence-corrected chi connectivity index (χ3v) is 6.99. The van der Waals surface area contributed by atoms with E-state index in [2.05, 4.69) is 27.3 Å². The third-order valence-electron chi connectivity index (χ3n) is 6.99. The molecule has 6 nitrogen and oxygen atoms in total. The van der Waals surface area contributed by atoms with Gasteiger partial charge < -0.3 is 9.64 Å². The quantitative estimate of drug-likeness (QED) is 0.555. The summed E-state index contributed by atoms with van der Waals surface area (Å²) in [7, 11) is 1.67. The molecule has 1 saturated carbocycles. The van der Waals surface area contributed by atoms with Gasteiger partial charge in [-0.25, -0.2) is 0 Å². The molecule has 2 fully saturated rings. The van der Waals surface area contributed by atoms with Crippen LogP contribution in [-0.2, 0) is 16.8 Å². The van der Waals surface area contributed by atoms with Gasteiger partial charge in [-0.2, -0.15) is 0 Å². The first-order valence-corrected chi connectivity index (χ1v) is 11.6. The van der Waals surface area contributed by atoms with Crippen LogP contribution in [0.25, 0.3) is 11.3 Å². The highest BCUT2D eigenvalue weighted by Gasteiger charge is 2.53. The second kappa shape index (κ2) is 8.77. The normalized spacial score (nSPS) is 19.5. The maximum Gasteiger partial charge on any atom is 0.233 e. The monoisotopic (exact) mass is 430 g/mol. The van der Waals surface area contributed by atoms with Crippen molar-refractivity contribution < 1.29 is 9.53 Å². The summed E-state index contributed by atoms with van der Waals surface area (Å²) >= 11 is 0. The molecule has 1 atom stereocenters. The van der Waals surface area contributed by atoms with Crippen molar-refractivity contribution in [2.75, 3.05) is 13.7 Å². The molecule has 0 N–H and O–H groups in total. The number of ether oxygens (including phenoxy) is 1. The van der Waals surface area contributed by atoms with E-state index >= 15 is 0 Å². The highest BCUT2D eigenvalue weighted by atomic mass is 16.5. The van der Waals surface area contributed by atoms with Gasteiger partial charge in [-0.05, 0) is 56.2 Å². The van der Waals surface area contributed by atoms with Crippen LogP contribution in [-0.4, -0.2) is 45.5 Å². The zero-order valence-corrected chi connectivity index (χ0v) is 18.6. The van der Waals surface area contributed by atoms with Crippen molar-refractivity contribution in [3.05, 3.63) is 66.4 Å². The van der Waals surface area contributed by atoms with E-state index in [-0.39, 0.29) is 11.5 Å². The highest BCUT2D eigenvalue weighted by Crippen LogP contribution is 2.50. The molecule has 6 heteroatoms. The van der Waals surface area contributed by atoms with E-state index in [9.17, 15) is 4.79 Å². The van der Waals surface area contributed by atoms with Crippen molar-refractivity contribution in [2.24, 2.45) is 0 Å². The zero-order chi connectivity index (χ0) is 22.0. The van der Waals surface area contributed by atoms with Crippen LogP contribution < -0.4 is 4.74 Å². The Morgan fingerprint density at radius 1 is 1.09 bits per heavy atom. The molecule has 0 bridgehead atoms. The summed E-state index contributed by atoms with van der Waals surface area (Å²) in [5.41, 5.74) is 2.74. The molecule has 3 aromatic rings. The van der Waals surface area contributed by atoms with Crippen LogP contribution in [0.5, 0.6) is 5.75 Å². The molecule has 1 aromatic heterocycles. The number of aromatic nitrogens is 3. The number of nitrogens with zero attached hydrogens (tertiary/aromatic N) is 4. The van der Waals surface area contributed by atoms with E-state index in [0.29, 0.717) is 5.91 Å². The van der Waals surface area contributed by atoms with Gasteiger partial charge in [0.05, 0.1) is 18.7 Å². The molecule has 166 valence electrons. The number of methoxy groups -OCH3 is 1. The number of hydrogen-bond donors (Lipinski definition) is 0. The van der Waals surface area contributed by atoms with Gasteiger partial charge in [-0.3, -0.25) is 9.48 Å². The molecule has 2 aromatic carbocycles. The molecule has 1 amide bonds. The first kappa shape index (κ1) is 20.7. The smallest absolute Gasteiger partial charge is 0.233 e. The second-order valence-corrected chi connectivity index (χ2v) is 8.98. The molecule has 1 aliphatic carbocycles. The van der Waals surface area contributed by atoms with Gasteiger partial charge in [0.25, 0.3) is 0 Å². The van der Waals surface area contributed by atoms with Crippen molar-refractivity contribution in [2.45, 2.75) is 56.5 Å². The molecule has 32 heavy (non-hydrogen) atoms. The van der Waals surface area contributed by atoms with E-state index < -0.39 is 0 Å². The van der Waals surface area contributed by atoms with Gasteiger partial charge in [0.2, 0.25) is 5.91 Å². The van der Waals surface area contributed by atoms with Gasteiger partial charge >= 0.3 is 0 Å². The predicted octanol–water partition coefficient (Wildman–Crippen LogP) is 4.46. The third kappa shape index (κ3) is 4.01. The summed E-state index contributed by atoms with van der Waals surface area (Å²) in [6, 6.07) is 18.4. The van der Waals surface area contributed by atoms with Crippen LogP contribution >= 0.6 is 0 Å². The highest BCUT2D eigenvalue weighted by molar-refractivity contribution is 5.91. The maximum absolute atomic E-state index is 13.7. The van der Waals surface area contributed by atoms with E-state index in [4.69, 9.17) is 4.74 Å². The van der Waals surface area contributed by atoms with E-state index in [0.717, 1.165) is 67.8 Å². The Balaban J connectivity index is 1.27. The minimum atomic E-state index is -0.338. The molecule has 1 aliphatic heterocycles. The van der Waals surface area contributed by atoms with Crippen LogP contribution in [0.3, 0.4) is 0 Å². The summed E-state index contributed by atoms with van der Waals surface area (Å²) in [4.78, 5) is 15.9. The first-order chi connectivity index (χ1) is 15.7. The summed E-state index contributed by atoms with van der Waals surface area (Å²) in [5.74, 6) is 1.13. The topological polar surface area (TPSA) is 60.2 Å². The molecule has 0 radical (unpaired) electrons. The summed E-state index contributed by atoms with van der Waals surface area (Å²) in [5, 5.41) is 8.65. The Morgan fingerprint density at radius 3 is 2.59 bits per heavy atom. The fourth-order valence-corrected chi connectivity index (χ4v) is 4.93. The van der Waals surface area contributed by atoms with E-state index in [1.807, 2.05) is 53.3 Å². The van der Waals surface area contributed by atoms with Crippen molar-refractivity contribution in [1.29, 1.82) is 0 Å². The zero-order valence-electron chi connectivity index (χ0n) is 18.6. The lowest BCUT2D eigenvalue weighted by molar-refractivity contribution is -0.138. The average Bonchev–Trinajstić information content (AvgIpc) is 3.54. The van der Waals surface area contributed by atoms with E-state index in [1.165, 1.54) is 6.42 Å². The maximum atomic E-state index is 13.7. The molecule has 1 unspecified atom stereocenters. The molecule has 2 heterocycles. The molecule has 1 saturated heterocycles. The minimum Gasteiger partial charge on any atom is -0.497 e. The number of carbonyl (C=O) groups is 1. The van der Waals surface area contributed by atoms with Crippen molar-refractivity contribution in [1.82, 2.24) is 19.9 Å². The molecule has 5 rings (SSSR count). The predicted molar refractivity (Wildman–Crippen MR) is 123 cm³/mol. The fraction of sp³-hybridized carbons (Fsp3) is 0.423. The number of rotatable bonds is 7. The van der Waals surface area contributed by atoms with Crippen molar-refractivity contribution in [3.63, 3.8) is 0 Å². The summed E-state index contributed by atoms with van der Waals surface area (Å²) in [6.07, 6.45) is 8.10. The Bertz CT molecular complexity index is 1060. The lowest BCUT2D eigenvalue weighted by Gasteiger charge is -2.38. The van der Waals surface area contributed by atoms with Crippen LogP contribution in [0.1, 0.15) is 44.1 Å². The number of likely N-dealkylation sites (tertiary alicyclic amines) is 1. The summed E-state index contributed by atoms with van der Waals surface area (Å²) in [6.45, 7) is 1.62. The number of carbonyl (C=O) groups excluding carboxylic acids is 1. The number of aryl methyl sites for hydroxylation is 1. The second-order valence-electron chi connectivity index (χ2n) is 8.98. The Kier molecular flexibility index (Phi) is 5.68. The van der Waals surface area contributed by atoms with Crippen molar-refractivity contribution >= 4 is 5.91 Å². The average molecular weight is 431 g/mol. The number of benzene rings is 2. The van der Waals surface area contributed by atoms with Gasteiger partial charge in [-0.1, -0.05) is 47.7 Å². The SMILES string of the molecule is COc1ccc(C2(C(=O)N3CCCCC3CCn3cc(-c4ccccc4)nn3)CC2)cc1. The Labute approximate surface area is 189 Å². The summed E-state index contributed by atoms with van der Waals surface area (Å²) < 4.78 is 7.20. The van der Waals surface area contributed by atoms with Gasteiger partial charge in [0, 0.05) is 24.7 Å². The van der Waals surface area contributed by atoms with Gasteiger partial charge in [-0.15, -0.1) is 5.10 Å². The number of piperidine rings is 1. The van der Waals surface area contributed by atoms with Gasteiger partial charge in [0.1, 0.15) is 11.4 Å². The number of amides is 1. The van der Waals surface area contributed by atoms with Crippen LogP contribution in [0.15, 0.2) is 60.8 Å². The Morgan fingerprint density at radius 2 is 1.88 bits per heavy atom.